The molecule has 0 bridgehead atoms. The minimum Gasteiger partial charge on any atom is -0.389 e. The Bertz CT molecular complexity index is 146. The van der Waals surface area contributed by atoms with Crippen LogP contribution in [0.25, 0.3) is 0 Å². The van der Waals surface area contributed by atoms with Crippen LogP contribution in [0.4, 0.5) is 0 Å². The van der Waals surface area contributed by atoms with Gasteiger partial charge in [-0.25, -0.2) is 0 Å². The van der Waals surface area contributed by atoms with Crippen molar-refractivity contribution >= 4 is 13.4 Å². The van der Waals surface area contributed by atoms with Crippen LogP contribution >= 0.6 is 0 Å². The topological polar surface area (TPSA) is 45.0 Å². The third-order valence-electron chi connectivity index (χ3n) is 1.30. The lowest BCUT2D eigenvalue weighted by atomic mass is 10.2. The van der Waals surface area contributed by atoms with E-state index in [-0.39, 0.29) is 6.17 Å². The van der Waals surface area contributed by atoms with Gasteiger partial charge in [0.05, 0.1) is 6.10 Å². The number of rotatable bonds is 5. The summed E-state index contributed by atoms with van der Waals surface area (Å²) in [5.41, 5.74) is 0. The maximum Gasteiger partial charge on any atom is 0.156 e. The molecule has 0 amide bonds. The molecule has 11 heavy (non-hydrogen) atoms. The molecule has 3 nitrogen and oxygen atoms in total. The summed E-state index contributed by atoms with van der Waals surface area (Å²) in [7, 11) is 0. The first-order valence-electron chi connectivity index (χ1n) is 3.52. The molecule has 1 atom stereocenters. The number of nitrogens with zero attached hydrogens (tertiary/aromatic N) is 2. The highest BCUT2D eigenvalue weighted by atomic mass is 16.3. The van der Waals surface area contributed by atoms with Crippen LogP contribution in [0.3, 0.4) is 0 Å². The number of hydrogen-bond acceptors (Lipinski definition) is 3. The van der Waals surface area contributed by atoms with Crippen molar-refractivity contribution in [2.45, 2.75) is 25.6 Å². The average Bonchev–Trinajstić information content (AvgIpc) is 2.06. The standard InChI is InChI=1S/C8H14N2O/c1-4-7(11)5-6-8(9-2)10-3/h5-8,11H,2-4H2,1H3. The van der Waals surface area contributed by atoms with Crippen molar-refractivity contribution in [3.8, 4) is 0 Å². The number of hydrogen-bond donors (Lipinski definition) is 1. The molecule has 0 fully saturated rings. The molecule has 0 aliphatic carbocycles. The van der Waals surface area contributed by atoms with E-state index in [1.807, 2.05) is 6.92 Å². The molecular weight excluding hydrogens is 140 g/mol. The molecule has 0 spiro atoms. The third kappa shape index (κ3) is 4.44. The predicted molar refractivity (Wildman–Crippen MR) is 48.3 cm³/mol. The first-order chi connectivity index (χ1) is 5.24. The molecule has 1 N–H and O–H groups in total. The summed E-state index contributed by atoms with van der Waals surface area (Å²) in [6.07, 6.45) is 3.27. The van der Waals surface area contributed by atoms with Gasteiger partial charge < -0.3 is 5.11 Å². The largest absolute Gasteiger partial charge is 0.389 e. The van der Waals surface area contributed by atoms with Gasteiger partial charge in [0, 0.05) is 0 Å². The molecule has 0 rings (SSSR count). The van der Waals surface area contributed by atoms with Crippen LogP contribution in [0, 0.1) is 0 Å². The maximum absolute atomic E-state index is 9.09. The summed E-state index contributed by atoms with van der Waals surface area (Å²) < 4.78 is 0. The Morgan fingerprint density at radius 2 is 1.91 bits per heavy atom. The van der Waals surface area contributed by atoms with E-state index in [0.29, 0.717) is 6.42 Å². The molecule has 0 saturated carbocycles. The Kier molecular flexibility index (Phi) is 5.29. The molecule has 3 heteroatoms. The zero-order chi connectivity index (χ0) is 8.69. The molecule has 0 aromatic heterocycles. The van der Waals surface area contributed by atoms with E-state index in [1.165, 1.54) is 0 Å². The average molecular weight is 154 g/mol. The first kappa shape index (κ1) is 10.0. The Labute approximate surface area is 67.2 Å². The van der Waals surface area contributed by atoms with Crippen molar-refractivity contribution in [1.82, 2.24) is 0 Å². The summed E-state index contributed by atoms with van der Waals surface area (Å²) in [6.45, 7) is 8.53. The fourth-order valence-corrected chi connectivity index (χ4v) is 0.543. The van der Waals surface area contributed by atoms with Gasteiger partial charge in [0.25, 0.3) is 0 Å². The SMILES string of the molecule is C=NC(C=CC(O)CC)N=C. The molecular formula is C8H14N2O. The Morgan fingerprint density at radius 1 is 1.36 bits per heavy atom. The molecule has 0 aromatic rings. The molecule has 62 valence electrons. The predicted octanol–water partition coefficient (Wildman–Crippen LogP) is 1.04. The lowest BCUT2D eigenvalue weighted by Crippen LogP contribution is -2.01. The van der Waals surface area contributed by atoms with Crippen LogP contribution in [0.2, 0.25) is 0 Å². The Balaban J connectivity index is 3.87. The van der Waals surface area contributed by atoms with Gasteiger partial charge in [-0.05, 0) is 25.9 Å². The lowest BCUT2D eigenvalue weighted by molar-refractivity contribution is 0.218. The smallest absolute Gasteiger partial charge is 0.156 e. The minimum absolute atomic E-state index is 0.323. The van der Waals surface area contributed by atoms with Crippen LogP contribution in [0.5, 0.6) is 0 Å². The summed E-state index contributed by atoms with van der Waals surface area (Å²) in [5, 5.41) is 9.09. The number of aliphatic hydroxyl groups is 1. The second-order valence-corrected chi connectivity index (χ2v) is 2.14. The van der Waals surface area contributed by atoms with E-state index in [4.69, 9.17) is 5.11 Å². The first-order valence-corrected chi connectivity index (χ1v) is 3.52. The van der Waals surface area contributed by atoms with Gasteiger partial charge in [0.1, 0.15) is 0 Å². The second-order valence-electron chi connectivity index (χ2n) is 2.14. The van der Waals surface area contributed by atoms with Crippen molar-refractivity contribution < 1.29 is 5.11 Å². The lowest BCUT2D eigenvalue weighted by Gasteiger charge is -2.01. The van der Waals surface area contributed by atoms with Crippen molar-refractivity contribution in [1.29, 1.82) is 0 Å². The number of aliphatic imine (C=N–C) groups is 2. The van der Waals surface area contributed by atoms with Crippen LogP contribution < -0.4 is 0 Å². The van der Waals surface area contributed by atoms with E-state index < -0.39 is 6.10 Å². The van der Waals surface area contributed by atoms with Crippen molar-refractivity contribution in [3.63, 3.8) is 0 Å². The van der Waals surface area contributed by atoms with Crippen molar-refractivity contribution in [2.24, 2.45) is 9.98 Å². The highest BCUT2D eigenvalue weighted by Crippen LogP contribution is 1.97. The fraction of sp³-hybridized carbons (Fsp3) is 0.500. The van der Waals surface area contributed by atoms with Gasteiger partial charge in [-0.15, -0.1) is 0 Å². The van der Waals surface area contributed by atoms with Gasteiger partial charge in [-0.2, -0.15) is 0 Å². The van der Waals surface area contributed by atoms with E-state index in [2.05, 4.69) is 23.4 Å². The zero-order valence-corrected chi connectivity index (χ0v) is 6.77. The van der Waals surface area contributed by atoms with Crippen LogP contribution in [0.15, 0.2) is 22.1 Å². The Hall–Kier alpha value is -0.960. The van der Waals surface area contributed by atoms with Crippen LogP contribution in [-0.4, -0.2) is 30.8 Å². The molecule has 0 radical (unpaired) electrons. The van der Waals surface area contributed by atoms with E-state index in [9.17, 15) is 0 Å². The van der Waals surface area contributed by atoms with Crippen LogP contribution in [-0.2, 0) is 0 Å². The fourth-order valence-electron chi connectivity index (χ4n) is 0.543. The molecule has 0 aromatic carbocycles. The maximum atomic E-state index is 9.09. The zero-order valence-electron chi connectivity index (χ0n) is 6.77. The van der Waals surface area contributed by atoms with Gasteiger partial charge in [0.2, 0.25) is 0 Å². The second kappa shape index (κ2) is 5.80. The monoisotopic (exact) mass is 154 g/mol. The third-order valence-corrected chi connectivity index (χ3v) is 1.30. The van der Waals surface area contributed by atoms with Crippen molar-refractivity contribution in [3.05, 3.63) is 12.2 Å². The van der Waals surface area contributed by atoms with Gasteiger partial charge in [-0.1, -0.05) is 13.0 Å². The summed E-state index contributed by atoms with van der Waals surface area (Å²) in [4.78, 5) is 7.27. The molecule has 0 aliphatic rings. The number of aliphatic hydroxyl groups excluding tert-OH is 1. The van der Waals surface area contributed by atoms with E-state index in [0.717, 1.165) is 0 Å². The van der Waals surface area contributed by atoms with Gasteiger partial charge in [-0.3, -0.25) is 9.98 Å². The van der Waals surface area contributed by atoms with Gasteiger partial charge >= 0.3 is 0 Å². The minimum atomic E-state index is -0.416. The van der Waals surface area contributed by atoms with Crippen molar-refractivity contribution in [2.75, 3.05) is 0 Å². The molecule has 0 aliphatic heterocycles. The Morgan fingerprint density at radius 3 is 2.27 bits per heavy atom. The highest BCUT2D eigenvalue weighted by Gasteiger charge is 1.96. The summed E-state index contributed by atoms with van der Waals surface area (Å²) in [6, 6.07) is 0. The molecule has 1 unspecified atom stereocenters. The normalized spacial score (nSPS) is 13.7. The van der Waals surface area contributed by atoms with Gasteiger partial charge in [0.15, 0.2) is 6.17 Å². The van der Waals surface area contributed by atoms with E-state index >= 15 is 0 Å². The van der Waals surface area contributed by atoms with Crippen LogP contribution in [0.1, 0.15) is 13.3 Å². The molecule has 0 saturated heterocycles. The summed E-state index contributed by atoms with van der Waals surface area (Å²) >= 11 is 0. The quantitative estimate of drug-likeness (QED) is 0.466. The highest BCUT2D eigenvalue weighted by molar-refractivity contribution is 5.29. The molecule has 0 heterocycles. The van der Waals surface area contributed by atoms with E-state index in [1.54, 1.807) is 12.2 Å². The summed E-state index contributed by atoms with van der Waals surface area (Å²) in [5.74, 6) is 0.